The number of rotatable bonds is 12. The fourth-order valence-corrected chi connectivity index (χ4v) is 4.24. The average molecular weight is 499 g/mol. The third kappa shape index (κ3) is 7.04. The van der Waals surface area contributed by atoms with E-state index in [0.29, 0.717) is 32.6 Å². The third-order valence-corrected chi connectivity index (χ3v) is 7.33. The van der Waals surface area contributed by atoms with Gasteiger partial charge in [0.1, 0.15) is 6.61 Å². The zero-order valence-electron chi connectivity index (χ0n) is 20.5. The number of ether oxygens (including phenoxy) is 2. The van der Waals surface area contributed by atoms with Crippen molar-refractivity contribution in [2.24, 2.45) is 10.8 Å². The molecule has 0 aliphatic rings. The summed E-state index contributed by atoms with van der Waals surface area (Å²) in [4.78, 5) is 28.5. The van der Waals surface area contributed by atoms with E-state index in [0.717, 1.165) is 5.56 Å². The Morgan fingerprint density at radius 1 is 1.03 bits per heavy atom. The molecule has 3 atom stereocenters. The summed E-state index contributed by atoms with van der Waals surface area (Å²) in [6.07, 6.45) is 1.17. The van der Waals surface area contributed by atoms with Gasteiger partial charge in [-0.15, -0.1) is 0 Å². The minimum Gasteiger partial charge on any atom is -0.466 e. The summed E-state index contributed by atoms with van der Waals surface area (Å²) in [6, 6.07) is 9.72. The number of halogens is 1. The molecule has 1 aromatic carbocycles. The van der Waals surface area contributed by atoms with Crippen molar-refractivity contribution in [3.63, 3.8) is 0 Å². The van der Waals surface area contributed by atoms with Gasteiger partial charge in [-0.3, -0.25) is 9.59 Å². The molecular weight excluding hydrogens is 458 g/mol. The maximum atomic E-state index is 13.4. The second kappa shape index (κ2) is 11.5. The molecule has 0 bridgehead atoms. The SMILES string of the molecule is CCOC(=O)C(c1ccccc1)C(C)(CC)CC(C)(C(=O)OCCN(C)C)C(C)(C)Br. The molecule has 5 nitrogen and oxygen atoms in total. The highest BCUT2D eigenvalue weighted by atomic mass is 79.9. The second-order valence-corrected chi connectivity index (χ2v) is 11.5. The van der Waals surface area contributed by atoms with Crippen molar-refractivity contribution in [3.05, 3.63) is 35.9 Å². The van der Waals surface area contributed by atoms with Crippen LogP contribution in [0.3, 0.4) is 0 Å². The van der Waals surface area contributed by atoms with Crippen LogP contribution in [0.15, 0.2) is 30.3 Å². The smallest absolute Gasteiger partial charge is 0.313 e. The molecule has 0 aliphatic heterocycles. The van der Waals surface area contributed by atoms with Crippen molar-refractivity contribution < 1.29 is 19.1 Å². The Morgan fingerprint density at radius 3 is 2.06 bits per heavy atom. The lowest BCUT2D eigenvalue weighted by atomic mass is 9.60. The highest BCUT2D eigenvalue weighted by Gasteiger charge is 2.53. The molecule has 176 valence electrons. The van der Waals surface area contributed by atoms with Crippen LogP contribution in [-0.2, 0) is 19.1 Å². The summed E-state index contributed by atoms with van der Waals surface area (Å²) in [7, 11) is 3.89. The number of benzene rings is 1. The number of hydrogen-bond acceptors (Lipinski definition) is 5. The summed E-state index contributed by atoms with van der Waals surface area (Å²) in [6.45, 7) is 13.2. The van der Waals surface area contributed by atoms with E-state index in [1.54, 1.807) is 0 Å². The molecule has 0 saturated carbocycles. The van der Waals surface area contributed by atoms with E-state index in [9.17, 15) is 9.59 Å². The average Bonchev–Trinajstić information content (AvgIpc) is 2.67. The predicted molar refractivity (Wildman–Crippen MR) is 129 cm³/mol. The highest BCUT2D eigenvalue weighted by molar-refractivity contribution is 9.10. The maximum absolute atomic E-state index is 13.4. The summed E-state index contributed by atoms with van der Waals surface area (Å²) >= 11 is 3.75. The monoisotopic (exact) mass is 497 g/mol. The first-order valence-electron chi connectivity index (χ1n) is 11.0. The molecule has 0 aromatic heterocycles. The van der Waals surface area contributed by atoms with Crippen molar-refractivity contribution in [1.29, 1.82) is 0 Å². The first-order chi connectivity index (χ1) is 14.3. The number of esters is 2. The van der Waals surface area contributed by atoms with Crippen LogP contribution < -0.4 is 0 Å². The van der Waals surface area contributed by atoms with E-state index in [-0.39, 0.29) is 11.9 Å². The topological polar surface area (TPSA) is 55.8 Å². The van der Waals surface area contributed by atoms with Gasteiger partial charge in [0.05, 0.1) is 17.9 Å². The van der Waals surface area contributed by atoms with Gasteiger partial charge in [0.2, 0.25) is 0 Å². The molecule has 6 heteroatoms. The first-order valence-corrected chi connectivity index (χ1v) is 11.8. The molecule has 0 aliphatic carbocycles. The maximum Gasteiger partial charge on any atom is 0.313 e. The Morgan fingerprint density at radius 2 is 1.61 bits per heavy atom. The van der Waals surface area contributed by atoms with Crippen molar-refractivity contribution in [3.8, 4) is 0 Å². The molecule has 3 unspecified atom stereocenters. The van der Waals surface area contributed by atoms with Crippen LogP contribution in [0.1, 0.15) is 65.9 Å². The Kier molecular flexibility index (Phi) is 10.2. The van der Waals surface area contributed by atoms with Crippen LogP contribution in [-0.4, -0.2) is 55.0 Å². The summed E-state index contributed by atoms with van der Waals surface area (Å²) in [5, 5.41) is 0. The second-order valence-electron chi connectivity index (χ2n) is 9.52. The Hall–Kier alpha value is -1.40. The number of carbonyl (C=O) groups excluding carboxylic acids is 2. The van der Waals surface area contributed by atoms with E-state index in [2.05, 4.69) is 29.8 Å². The molecule has 1 rings (SSSR count). The zero-order valence-corrected chi connectivity index (χ0v) is 22.0. The number of hydrogen-bond donors (Lipinski definition) is 0. The largest absolute Gasteiger partial charge is 0.466 e. The number of carbonyl (C=O) groups is 2. The van der Waals surface area contributed by atoms with Crippen LogP contribution >= 0.6 is 15.9 Å². The van der Waals surface area contributed by atoms with Crippen molar-refractivity contribution >= 4 is 27.9 Å². The molecule has 0 saturated heterocycles. The molecule has 1 aromatic rings. The minimum atomic E-state index is -0.858. The van der Waals surface area contributed by atoms with Crippen LogP contribution in [0.5, 0.6) is 0 Å². The van der Waals surface area contributed by atoms with E-state index in [4.69, 9.17) is 9.47 Å². The van der Waals surface area contributed by atoms with Crippen LogP contribution in [0.2, 0.25) is 0 Å². The van der Waals surface area contributed by atoms with Gasteiger partial charge in [-0.2, -0.15) is 0 Å². The Bertz CT molecular complexity index is 716. The molecule has 0 N–H and O–H groups in total. The molecule has 0 heterocycles. The summed E-state index contributed by atoms with van der Waals surface area (Å²) in [5.41, 5.74) is -0.474. The predicted octanol–water partition coefficient (Wildman–Crippen LogP) is 5.42. The van der Waals surface area contributed by atoms with Gasteiger partial charge in [-0.25, -0.2) is 0 Å². The lowest BCUT2D eigenvalue weighted by molar-refractivity contribution is -0.162. The summed E-state index contributed by atoms with van der Waals surface area (Å²) < 4.78 is 10.6. The van der Waals surface area contributed by atoms with E-state index < -0.39 is 21.1 Å². The van der Waals surface area contributed by atoms with Crippen LogP contribution in [0.4, 0.5) is 0 Å². The van der Waals surface area contributed by atoms with Crippen molar-refractivity contribution in [2.45, 2.75) is 64.6 Å². The molecule has 0 spiro atoms. The van der Waals surface area contributed by atoms with Gasteiger partial charge in [0.15, 0.2) is 0 Å². The molecular formula is C25H40BrNO4. The van der Waals surface area contributed by atoms with Crippen LogP contribution in [0.25, 0.3) is 0 Å². The van der Waals surface area contributed by atoms with E-state index >= 15 is 0 Å². The third-order valence-electron chi connectivity index (χ3n) is 6.45. The van der Waals surface area contributed by atoms with E-state index in [1.807, 2.05) is 77.0 Å². The number of nitrogens with zero attached hydrogens (tertiary/aromatic N) is 1. The van der Waals surface area contributed by atoms with Gasteiger partial charge in [-0.1, -0.05) is 60.1 Å². The molecule has 0 radical (unpaired) electrons. The molecule has 31 heavy (non-hydrogen) atoms. The zero-order chi connectivity index (χ0) is 23.9. The molecule has 0 fully saturated rings. The highest BCUT2D eigenvalue weighted by Crippen LogP contribution is 2.53. The Labute approximate surface area is 197 Å². The van der Waals surface area contributed by atoms with Crippen molar-refractivity contribution in [2.75, 3.05) is 33.9 Å². The fourth-order valence-electron chi connectivity index (χ4n) is 3.94. The van der Waals surface area contributed by atoms with Crippen LogP contribution in [0, 0.1) is 10.8 Å². The van der Waals surface area contributed by atoms with Gasteiger partial charge >= 0.3 is 11.9 Å². The lowest BCUT2D eigenvalue weighted by Gasteiger charge is -2.46. The van der Waals surface area contributed by atoms with Gasteiger partial charge in [-0.05, 0) is 65.6 Å². The number of alkyl halides is 1. The Balaban J connectivity index is 3.39. The van der Waals surface area contributed by atoms with Gasteiger partial charge in [0.25, 0.3) is 0 Å². The normalized spacial score (nSPS) is 16.8. The van der Waals surface area contributed by atoms with E-state index in [1.165, 1.54) is 0 Å². The van der Waals surface area contributed by atoms with Gasteiger partial charge < -0.3 is 14.4 Å². The summed E-state index contributed by atoms with van der Waals surface area (Å²) in [5.74, 6) is -0.997. The fraction of sp³-hybridized carbons (Fsp3) is 0.680. The van der Waals surface area contributed by atoms with Crippen molar-refractivity contribution in [1.82, 2.24) is 4.90 Å². The number of likely N-dealkylation sites (N-methyl/N-ethyl adjacent to an activating group) is 1. The molecule has 0 amide bonds. The quantitative estimate of drug-likeness (QED) is 0.284. The minimum absolute atomic E-state index is 0.256. The lowest BCUT2D eigenvalue weighted by Crippen LogP contribution is -2.49. The van der Waals surface area contributed by atoms with Gasteiger partial charge in [0, 0.05) is 10.9 Å². The standard InChI is InChI=1S/C25H40BrNO4/c1-9-24(5,20(21(28)30-10-2)19-14-12-11-13-15-19)18-25(6,23(3,4)26)22(29)31-17-16-27(7)8/h11-15,20H,9-10,16-18H2,1-8H3. The first kappa shape index (κ1) is 27.6.